The Balaban J connectivity index is 0.00000116. The maximum atomic E-state index is 10.0. The molecule has 0 bridgehead atoms. The second-order valence-electron chi connectivity index (χ2n) is 4.83. The molecule has 0 fully saturated rings. The quantitative estimate of drug-likeness (QED) is 0.750. The van der Waals surface area contributed by atoms with Gasteiger partial charge in [0.15, 0.2) is 0 Å². The Morgan fingerprint density at radius 1 is 1.05 bits per heavy atom. The summed E-state index contributed by atoms with van der Waals surface area (Å²) in [7, 11) is 0. The van der Waals surface area contributed by atoms with Gasteiger partial charge in [-0.05, 0) is 29.7 Å². The fraction of sp³-hybridized carbons (Fsp3) is 0.300. The molecule has 118 valence electrons. The van der Waals surface area contributed by atoms with E-state index in [0.717, 1.165) is 24.1 Å². The molecule has 22 heavy (non-hydrogen) atoms. The van der Waals surface area contributed by atoms with Crippen molar-refractivity contribution < 1.29 is 5.11 Å². The molecule has 0 saturated carbocycles. The summed E-state index contributed by atoms with van der Waals surface area (Å²) in [4.78, 5) is 0. The monoisotopic (exact) mass is 297 g/mol. The predicted octanol–water partition coefficient (Wildman–Crippen LogP) is 4.22. The molecular formula is C20H27NO. The number of hydrogen-bond acceptors (Lipinski definition) is 2. The molecule has 0 aliphatic rings. The van der Waals surface area contributed by atoms with E-state index in [4.69, 9.17) is 0 Å². The van der Waals surface area contributed by atoms with Gasteiger partial charge < -0.3 is 10.4 Å². The zero-order valence-electron chi connectivity index (χ0n) is 13.6. The lowest BCUT2D eigenvalue weighted by atomic mass is 10.1. The van der Waals surface area contributed by atoms with E-state index in [0.29, 0.717) is 6.54 Å². The summed E-state index contributed by atoms with van der Waals surface area (Å²) in [5.41, 5.74) is 3.38. The van der Waals surface area contributed by atoms with Crippen molar-refractivity contribution in [2.24, 2.45) is 0 Å². The first-order valence-electron chi connectivity index (χ1n) is 7.94. The molecule has 0 amide bonds. The van der Waals surface area contributed by atoms with Crippen LogP contribution in [0.1, 0.15) is 36.6 Å². The predicted molar refractivity (Wildman–Crippen MR) is 95.9 cm³/mol. The van der Waals surface area contributed by atoms with Crippen molar-refractivity contribution in [3.63, 3.8) is 0 Å². The van der Waals surface area contributed by atoms with E-state index in [2.05, 4.69) is 36.2 Å². The average molecular weight is 297 g/mol. The van der Waals surface area contributed by atoms with Crippen LogP contribution in [-0.2, 0) is 6.42 Å². The van der Waals surface area contributed by atoms with Gasteiger partial charge in [-0.2, -0.15) is 0 Å². The van der Waals surface area contributed by atoms with Crippen molar-refractivity contribution in [3.05, 3.63) is 77.9 Å². The van der Waals surface area contributed by atoms with Crippen LogP contribution >= 0.6 is 0 Å². The fourth-order valence-electron chi connectivity index (χ4n) is 2.08. The summed E-state index contributed by atoms with van der Waals surface area (Å²) in [5.74, 6) is 0. The van der Waals surface area contributed by atoms with Crippen molar-refractivity contribution in [3.8, 4) is 0 Å². The van der Waals surface area contributed by atoms with Crippen LogP contribution in [0.5, 0.6) is 0 Å². The Morgan fingerprint density at radius 2 is 1.68 bits per heavy atom. The van der Waals surface area contributed by atoms with Gasteiger partial charge in [-0.1, -0.05) is 81.1 Å². The SMILES string of the molecule is C=Cc1ccc(CCNCC(O)c2ccccc2)cc1.CC. The Bertz CT molecular complexity index is 519. The van der Waals surface area contributed by atoms with E-state index in [-0.39, 0.29) is 0 Å². The largest absolute Gasteiger partial charge is 0.387 e. The Kier molecular flexibility index (Phi) is 8.89. The molecular weight excluding hydrogens is 270 g/mol. The maximum Gasteiger partial charge on any atom is 0.0914 e. The molecule has 2 nitrogen and oxygen atoms in total. The minimum absolute atomic E-state index is 0.445. The van der Waals surface area contributed by atoms with Crippen LogP contribution in [0.2, 0.25) is 0 Å². The number of benzene rings is 2. The fourth-order valence-corrected chi connectivity index (χ4v) is 2.08. The average Bonchev–Trinajstić information content (AvgIpc) is 2.61. The summed E-state index contributed by atoms with van der Waals surface area (Å²) < 4.78 is 0. The minimum atomic E-state index is -0.445. The molecule has 0 saturated heterocycles. The first-order chi connectivity index (χ1) is 10.8. The van der Waals surface area contributed by atoms with E-state index >= 15 is 0 Å². The van der Waals surface area contributed by atoms with E-state index in [1.165, 1.54) is 5.56 Å². The number of nitrogens with one attached hydrogen (secondary N) is 1. The van der Waals surface area contributed by atoms with Gasteiger partial charge in [0, 0.05) is 6.54 Å². The lowest BCUT2D eigenvalue weighted by Crippen LogP contribution is -2.23. The molecule has 1 atom stereocenters. The molecule has 2 aromatic rings. The van der Waals surface area contributed by atoms with Crippen LogP contribution in [0.25, 0.3) is 6.08 Å². The van der Waals surface area contributed by atoms with Gasteiger partial charge in [0.25, 0.3) is 0 Å². The summed E-state index contributed by atoms with van der Waals surface area (Å²) in [6.07, 6.45) is 2.36. The van der Waals surface area contributed by atoms with Crippen LogP contribution in [0.4, 0.5) is 0 Å². The zero-order chi connectivity index (χ0) is 16.2. The third kappa shape index (κ3) is 6.25. The lowest BCUT2D eigenvalue weighted by Gasteiger charge is -2.12. The van der Waals surface area contributed by atoms with Crippen molar-refractivity contribution in [1.29, 1.82) is 0 Å². The molecule has 0 radical (unpaired) electrons. The Hall–Kier alpha value is -1.90. The number of aliphatic hydroxyl groups is 1. The van der Waals surface area contributed by atoms with Gasteiger partial charge in [-0.3, -0.25) is 0 Å². The zero-order valence-corrected chi connectivity index (χ0v) is 13.6. The van der Waals surface area contributed by atoms with E-state index in [1.807, 2.05) is 50.3 Å². The van der Waals surface area contributed by atoms with Gasteiger partial charge in [-0.15, -0.1) is 0 Å². The first-order valence-corrected chi connectivity index (χ1v) is 7.94. The molecule has 0 aliphatic heterocycles. The minimum Gasteiger partial charge on any atom is -0.387 e. The van der Waals surface area contributed by atoms with Crippen molar-refractivity contribution >= 4 is 6.08 Å². The van der Waals surface area contributed by atoms with E-state index in [9.17, 15) is 5.11 Å². The molecule has 0 aromatic heterocycles. The molecule has 0 aliphatic carbocycles. The summed E-state index contributed by atoms with van der Waals surface area (Å²) >= 11 is 0. The number of aliphatic hydroxyl groups excluding tert-OH is 1. The van der Waals surface area contributed by atoms with Gasteiger partial charge in [-0.25, -0.2) is 0 Å². The third-order valence-electron chi connectivity index (χ3n) is 3.33. The van der Waals surface area contributed by atoms with Gasteiger partial charge in [0.1, 0.15) is 0 Å². The molecule has 2 rings (SSSR count). The number of hydrogen-bond donors (Lipinski definition) is 2. The van der Waals surface area contributed by atoms with Crippen LogP contribution in [0.15, 0.2) is 61.2 Å². The van der Waals surface area contributed by atoms with E-state index in [1.54, 1.807) is 0 Å². The highest BCUT2D eigenvalue weighted by Crippen LogP contribution is 2.10. The number of rotatable bonds is 7. The highest BCUT2D eigenvalue weighted by Gasteiger charge is 2.05. The molecule has 2 heteroatoms. The Labute approximate surface area is 134 Å². The smallest absolute Gasteiger partial charge is 0.0914 e. The second-order valence-corrected chi connectivity index (χ2v) is 4.83. The highest BCUT2D eigenvalue weighted by molar-refractivity contribution is 5.47. The topological polar surface area (TPSA) is 32.3 Å². The van der Waals surface area contributed by atoms with Crippen LogP contribution in [0.3, 0.4) is 0 Å². The molecule has 2 aromatic carbocycles. The van der Waals surface area contributed by atoms with E-state index < -0.39 is 6.10 Å². The first kappa shape index (κ1) is 18.1. The highest BCUT2D eigenvalue weighted by atomic mass is 16.3. The second kappa shape index (κ2) is 10.8. The maximum absolute atomic E-state index is 10.0. The standard InChI is InChI=1S/C18H21NO.C2H6/c1-2-15-8-10-16(11-9-15)12-13-19-14-18(20)17-6-4-3-5-7-17;1-2/h2-11,18-20H,1,12-14H2;1-2H3. The summed E-state index contributed by atoms with van der Waals surface area (Å²) in [6.45, 7) is 9.18. The van der Waals surface area contributed by atoms with Crippen LogP contribution in [0, 0.1) is 0 Å². The molecule has 1 unspecified atom stereocenters. The molecule has 2 N–H and O–H groups in total. The lowest BCUT2D eigenvalue weighted by molar-refractivity contribution is 0.175. The normalized spacial score (nSPS) is 11.2. The van der Waals surface area contributed by atoms with Gasteiger partial charge >= 0.3 is 0 Å². The Morgan fingerprint density at radius 3 is 2.27 bits per heavy atom. The van der Waals surface area contributed by atoms with Gasteiger partial charge in [0.2, 0.25) is 0 Å². The summed E-state index contributed by atoms with van der Waals surface area (Å²) in [5, 5.41) is 13.3. The summed E-state index contributed by atoms with van der Waals surface area (Å²) in [6, 6.07) is 18.1. The van der Waals surface area contributed by atoms with Gasteiger partial charge in [0.05, 0.1) is 6.10 Å². The molecule has 0 spiro atoms. The van der Waals surface area contributed by atoms with Crippen molar-refractivity contribution in [2.75, 3.05) is 13.1 Å². The third-order valence-corrected chi connectivity index (χ3v) is 3.33. The van der Waals surface area contributed by atoms with Crippen molar-refractivity contribution in [1.82, 2.24) is 5.32 Å². The van der Waals surface area contributed by atoms with Crippen LogP contribution in [-0.4, -0.2) is 18.2 Å². The molecule has 0 heterocycles. The van der Waals surface area contributed by atoms with Crippen LogP contribution < -0.4 is 5.32 Å². The van der Waals surface area contributed by atoms with Crippen molar-refractivity contribution in [2.45, 2.75) is 26.4 Å².